The Labute approximate surface area is 122 Å². The minimum absolute atomic E-state index is 0.502. The third-order valence-electron chi connectivity index (χ3n) is 3.20. The van der Waals surface area contributed by atoms with Crippen molar-refractivity contribution in [3.8, 4) is 0 Å². The van der Waals surface area contributed by atoms with Crippen LogP contribution in [-0.4, -0.2) is 29.2 Å². The monoisotopic (exact) mass is 283 g/mol. The molecular formula is C15H17N5O. The Morgan fingerprint density at radius 1 is 1.14 bits per heavy atom. The summed E-state index contributed by atoms with van der Waals surface area (Å²) in [6, 6.07) is 10.2. The number of hydrogen-bond donors (Lipinski definition) is 1. The lowest BCUT2D eigenvalue weighted by molar-refractivity contribution is 0.442. The van der Waals surface area contributed by atoms with E-state index >= 15 is 0 Å². The molecule has 0 spiro atoms. The summed E-state index contributed by atoms with van der Waals surface area (Å²) in [5, 5.41) is 8.15. The molecule has 3 aromatic rings. The van der Waals surface area contributed by atoms with Crippen molar-refractivity contribution < 1.29 is 4.52 Å². The summed E-state index contributed by atoms with van der Waals surface area (Å²) >= 11 is 0. The van der Waals surface area contributed by atoms with E-state index in [9.17, 15) is 0 Å². The van der Waals surface area contributed by atoms with Crippen LogP contribution in [0.4, 0.5) is 11.8 Å². The third-order valence-corrected chi connectivity index (χ3v) is 3.20. The number of nitrogens with zero attached hydrogens (tertiary/aromatic N) is 4. The van der Waals surface area contributed by atoms with Gasteiger partial charge < -0.3 is 14.7 Å². The predicted molar refractivity (Wildman–Crippen MR) is 82.4 cm³/mol. The molecule has 0 unspecified atom stereocenters. The van der Waals surface area contributed by atoms with Gasteiger partial charge in [0.15, 0.2) is 0 Å². The number of benzene rings is 1. The first-order chi connectivity index (χ1) is 10.1. The molecule has 6 heteroatoms. The van der Waals surface area contributed by atoms with E-state index in [-0.39, 0.29) is 0 Å². The lowest BCUT2D eigenvalue weighted by Crippen LogP contribution is -2.14. The summed E-state index contributed by atoms with van der Waals surface area (Å²) in [7, 11) is 3.79. The van der Waals surface area contributed by atoms with Gasteiger partial charge in [0.1, 0.15) is 11.2 Å². The Morgan fingerprint density at radius 3 is 2.62 bits per heavy atom. The molecule has 0 saturated heterocycles. The predicted octanol–water partition coefficient (Wildman–Crippen LogP) is 2.60. The Balaban J connectivity index is 1.97. The standard InChI is InChI=1S/C15H17N5O/c1-10-12-13(16-9-11-7-5-4-6-8-11)17-15(20(2)3)18-14(12)21-19-10/h4-8H,9H2,1-3H3,(H,16,17,18). The largest absolute Gasteiger partial charge is 0.365 e. The second-order valence-electron chi connectivity index (χ2n) is 5.05. The molecule has 0 fully saturated rings. The molecule has 2 heterocycles. The Morgan fingerprint density at radius 2 is 1.90 bits per heavy atom. The molecule has 2 aromatic heterocycles. The second kappa shape index (κ2) is 5.40. The number of rotatable bonds is 4. The average molecular weight is 283 g/mol. The Bertz CT molecular complexity index is 751. The van der Waals surface area contributed by atoms with Crippen molar-refractivity contribution in [2.24, 2.45) is 0 Å². The Hall–Kier alpha value is -2.63. The van der Waals surface area contributed by atoms with Crippen molar-refractivity contribution in [1.29, 1.82) is 0 Å². The quantitative estimate of drug-likeness (QED) is 0.794. The normalized spacial score (nSPS) is 10.8. The molecule has 0 aliphatic rings. The lowest BCUT2D eigenvalue weighted by atomic mass is 10.2. The van der Waals surface area contributed by atoms with Gasteiger partial charge in [-0.25, -0.2) is 0 Å². The molecule has 0 radical (unpaired) electrons. The molecule has 21 heavy (non-hydrogen) atoms. The lowest BCUT2D eigenvalue weighted by Gasteiger charge is -2.12. The number of nitrogens with one attached hydrogen (secondary N) is 1. The fourth-order valence-electron chi connectivity index (χ4n) is 2.09. The van der Waals surface area contributed by atoms with Gasteiger partial charge in [0, 0.05) is 20.6 Å². The first-order valence-electron chi connectivity index (χ1n) is 6.74. The number of fused-ring (bicyclic) bond motifs is 1. The zero-order valence-corrected chi connectivity index (χ0v) is 12.3. The van der Waals surface area contributed by atoms with Gasteiger partial charge in [0.2, 0.25) is 5.95 Å². The zero-order valence-electron chi connectivity index (χ0n) is 12.3. The minimum Gasteiger partial charge on any atom is -0.365 e. The van der Waals surface area contributed by atoms with Gasteiger partial charge in [-0.15, -0.1) is 0 Å². The van der Waals surface area contributed by atoms with E-state index in [1.165, 1.54) is 5.56 Å². The van der Waals surface area contributed by atoms with E-state index < -0.39 is 0 Å². The first-order valence-corrected chi connectivity index (χ1v) is 6.74. The first kappa shape index (κ1) is 13.4. The third kappa shape index (κ3) is 2.65. The van der Waals surface area contributed by atoms with E-state index in [0.717, 1.165) is 16.9 Å². The van der Waals surface area contributed by atoms with Gasteiger partial charge in [-0.2, -0.15) is 9.97 Å². The maximum absolute atomic E-state index is 5.26. The zero-order chi connectivity index (χ0) is 14.8. The van der Waals surface area contributed by atoms with Crippen molar-refractivity contribution in [3.63, 3.8) is 0 Å². The van der Waals surface area contributed by atoms with Crippen LogP contribution < -0.4 is 10.2 Å². The van der Waals surface area contributed by atoms with E-state index in [1.54, 1.807) is 0 Å². The number of aryl methyl sites for hydroxylation is 1. The molecule has 6 nitrogen and oxygen atoms in total. The molecule has 0 atom stereocenters. The van der Waals surface area contributed by atoms with Gasteiger partial charge in [0.25, 0.3) is 5.71 Å². The van der Waals surface area contributed by atoms with Crippen LogP contribution in [0.5, 0.6) is 0 Å². The summed E-state index contributed by atoms with van der Waals surface area (Å²) in [6.07, 6.45) is 0. The highest BCUT2D eigenvalue weighted by Crippen LogP contribution is 2.26. The molecule has 0 aliphatic carbocycles. The summed E-state index contributed by atoms with van der Waals surface area (Å²) < 4.78 is 5.26. The molecule has 0 amide bonds. The van der Waals surface area contributed by atoms with Crippen LogP contribution in [0, 0.1) is 6.92 Å². The molecule has 1 aromatic carbocycles. The summed E-state index contributed by atoms with van der Waals surface area (Å²) in [5.41, 5.74) is 2.47. The maximum Gasteiger partial charge on any atom is 0.264 e. The van der Waals surface area contributed by atoms with Crippen molar-refractivity contribution in [2.45, 2.75) is 13.5 Å². The number of hydrogen-bond acceptors (Lipinski definition) is 6. The summed E-state index contributed by atoms with van der Waals surface area (Å²) in [5.74, 6) is 1.33. The van der Waals surface area contributed by atoms with Crippen LogP contribution in [0.25, 0.3) is 11.1 Å². The summed E-state index contributed by atoms with van der Waals surface area (Å²) in [4.78, 5) is 10.7. The molecule has 0 saturated carbocycles. The number of aromatic nitrogens is 3. The highest BCUT2D eigenvalue weighted by Gasteiger charge is 2.15. The van der Waals surface area contributed by atoms with Crippen LogP contribution >= 0.6 is 0 Å². The van der Waals surface area contributed by atoms with Crippen molar-refractivity contribution in [1.82, 2.24) is 15.1 Å². The van der Waals surface area contributed by atoms with Crippen LogP contribution in [0.2, 0.25) is 0 Å². The van der Waals surface area contributed by atoms with Crippen LogP contribution in [-0.2, 0) is 6.54 Å². The van der Waals surface area contributed by atoms with Gasteiger partial charge in [0.05, 0.1) is 5.69 Å². The van der Waals surface area contributed by atoms with Gasteiger partial charge in [-0.3, -0.25) is 0 Å². The highest BCUT2D eigenvalue weighted by atomic mass is 16.5. The molecule has 108 valence electrons. The molecule has 0 bridgehead atoms. The van der Waals surface area contributed by atoms with Crippen molar-refractivity contribution in [3.05, 3.63) is 41.6 Å². The molecule has 1 N–H and O–H groups in total. The Kier molecular flexibility index (Phi) is 3.43. The van der Waals surface area contributed by atoms with Crippen molar-refractivity contribution >= 4 is 22.9 Å². The van der Waals surface area contributed by atoms with Crippen LogP contribution in [0.15, 0.2) is 34.9 Å². The molecule has 0 aliphatic heterocycles. The molecular weight excluding hydrogens is 266 g/mol. The topological polar surface area (TPSA) is 67.1 Å². The van der Waals surface area contributed by atoms with Crippen LogP contribution in [0.1, 0.15) is 11.3 Å². The van der Waals surface area contributed by atoms with Gasteiger partial charge in [-0.1, -0.05) is 35.5 Å². The smallest absolute Gasteiger partial charge is 0.264 e. The minimum atomic E-state index is 0.502. The molecule has 3 rings (SSSR count). The van der Waals surface area contributed by atoms with Crippen LogP contribution in [0.3, 0.4) is 0 Å². The average Bonchev–Trinajstić information content (AvgIpc) is 2.87. The fourth-order valence-corrected chi connectivity index (χ4v) is 2.09. The fraction of sp³-hybridized carbons (Fsp3) is 0.267. The van der Waals surface area contributed by atoms with E-state index in [1.807, 2.05) is 44.1 Å². The van der Waals surface area contributed by atoms with Crippen molar-refractivity contribution in [2.75, 3.05) is 24.3 Å². The van der Waals surface area contributed by atoms with E-state index in [0.29, 0.717) is 18.2 Å². The SMILES string of the molecule is Cc1noc2nc(N(C)C)nc(NCc3ccccc3)c12. The van der Waals surface area contributed by atoms with E-state index in [4.69, 9.17) is 4.52 Å². The van der Waals surface area contributed by atoms with E-state index in [2.05, 4.69) is 32.6 Å². The number of anilines is 2. The maximum atomic E-state index is 5.26. The highest BCUT2D eigenvalue weighted by molar-refractivity contribution is 5.88. The summed E-state index contributed by atoms with van der Waals surface area (Å²) in [6.45, 7) is 2.57. The van der Waals surface area contributed by atoms with Gasteiger partial charge >= 0.3 is 0 Å². The van der Waals surface area contributed by atoms with Gasteiger partial charge in [-0.05, 0) is 12.5 Å². The second-order valence-corrected chi connectivity index (χ2v) is 5.05.